The van der Waals surface area contributed by atoms with Crippen LogP contribution in [0.1, 0.15) is 53.4 Å². The van der Waals surface area contributed by atoms with Crippen LogP contribution in [0.2, 0.25) is 0 Å². The molecule has 0 amide bonds. The van der Waals surface area contributed by atoms with Crippen LogP contribution in [-0.4, -0.2) is 42.4 Å². The molecule has 0 unspecified atom stereocenters. The van der Waals surface area contributed by atoms with Crippen molar-refractivity contribution in [2.24, 2.45) is 0 Å². The summed E-state index contributed by atoms with van der Waals surface area (Å²) in [6.07, 6.45) is 1.69. The molecule has 0 atom stereocenters. The lowest BCUT2D eigenvalue weighted by atomic mass is 10.0. The van der Waals surface area contributed by atoms with E-state index in [2.05, 4.69) is 4.72 Å². The molecule has 0 rings (SSSR count). The molecule has 6 nitrogen and oxygen atoms in total. The van der Waals surface area contributed by atoms with Gasteiger partial charge in [0.1, 0.15) is 0 Å². The van der Waals surface area contributed by atoms with Crippen molar-refractivity contribution in [2.45, 2.75) is 58.9 Å². The Labute approximate surface area is 116 Å². The van der Waals surface area contributed by atoms with Crippen LogP contribution >= 0.6 is 0 Å². The van der Waals surface area contributed by atoms with Gasteiger partial charge in [-0.05, 0) is 33.1 Å². The third-order valence-electron chi connectivity index (χ3n) is 2.66. The highest BCUT2D eigenvalue weighted by atomic mass is 32.2. The average Bonchev–Trinajstić information content (AvgIpc) is 2.25. The van der Waals surface area contributed by atoms with Crippen LogP contribution in [-0.2, 0) is 15.0 Å². The van der Waals surface area contributed by atoms with Gasteiger partial charge in [-0.15, -0.1) is 0 Å². The normalized spacial score (nSPS) is 12.9. The van der Waals surface area contributed by atoms with E-state index >= 15 is 0 Å². The molecule has 0 saturated carbocycles. The van der Waals surface area contributed by atoms with Crippen LogP contribution in [0.5, 0.6) is 0 Å². The minimum Gasteiger partial charge on any atom is -0.481 e. The molecule has 0 aromatic heterocycles. The summed E-state index contributed by atoms with van der Waals surface area (Å²) in [6.45, 7) is 8.19. The van der Waals surface area contributed by atoms with Crippen LogP contribution in [0.3, 0.4) is 0 Å². The number of carboxylic acids is 1. The molecule has 2 N–H and O–H groups in total. The number of nitrogens with one attached hydrogen (secondary N) is 1. The second-order valence-corrected chi connectivity index (χ2v) is 6.95. The van der Waals surface area contributed by atoms with Crippen LogP contribution in [0, 0.1) is 0 Å². The Morgan fingerprint density at radius 1 is 1.21 bits per heavy atom. The highest BCUT2D eigenvalue weighted by molar-refractivity contribution is 7.87. The molecule has 0 spiro atoms. The van der Waals surface area contributed by atoms with E-state index < -0.39 is 21.7 Å². The molecule has 0 bridgehead atoms. The second kappa shape index (κ2) is 7.81. The molecule has 7 heteroatoms. The number of hydrogen-bond donors (Lipinski definition) is 2. The van der Waals surface area contributed by atoms with Gasteiger partial charge >= 0.3 is 5.97 Å². The van der Waals surface area contributed by atoms with Crippen molar-refractivity contribution in [3.8, 4) is 0 Å². The minimum absolute atomic E-state index is 0.0585. The lowest BCUT2D eigenvalue weighted by Gasteiger charge is -2.30. The number of rotatable bonds is 10. The number of hydrogen-bond acceptors (Lipinski definition) is 3. The lowest BCUT2D eigenvalue weighted by Crippen LogP contribution is -2.50. The third-order valence-corrected chi connectivity index (χ3v) is 4.51. The van der Waals surface area contributed by atoms with Gasteiger partial charge in [0.05, 0.1) is 0 Å². The Kier molecular flexibility index (Phi) is 7.54. The zero-order valence-corrected chi connectivity index (χ0v) is 13.1. The van der Waals surface area contributed by atoms with Gasteiger partial charge in [0, 0.05) is 25.0 Å². The molecule has 0 fully saturated rings. The Morgan fingerprint density at radius 2 is 1.68 bits per heavy atom. The molecule has 0 aromatic rings. The van der Waals surface area contributed by atoms with Crippen LogP contribution in [0.25, 0.3) is 0 Å². The quantitative estimate of drug-likeness (QED) is 0.640. The fourth-order valence-corrected chi connectivity index (χ4v) is 3.51. The zero-order valence-electron chi connectivity index (χ0n) is 12.3. The summed E-state index contributed by atoms with van der Waals surface area (Å²) in [4.78, 5) is 10.6. The predicted molar refractivity (Wildman–Crippen MR) is 75.2 cm³/mol. The van der Waals surface area contributed by atoms with Gasteiger partial charge in [0.2, 0.25) is 0 Å². The van der Waals surface area contributed by atoms with Crippen molar-refractivity contribution in [2.75, 3.05) is 13.1 Å². The predicted octanol–water partition coefficient (Wildman–Crippen LogP) is 1.59. The van der Waals surface area contributed by atoms with E-state index in [1.54, 1.807) is 13.8 Å². The molecule has 0 aliphatic carbocycles. The lowest BCUT2D eigenvalue weighted by molar-refractivity contribution is -0.137. The Bertz CT molecular complexity index is 373. The molecule has 0 aliphatic rings. The summed E-state index contributed by atoms with van der Waals surface area (Å²) in [5.74, 6) is -0.925. The van der Waals surface area contributed by atoms with Crippen LogP contribution in [0.4, 0.5) is 0 Å². The van der Waals surface area contributed by atoms with E-state index in [-0.39, 0.29) is 12.8 Å². The fraction of sp³-hybridized carbons (Fsp3) is 0.917. The smallest absolute Gasteiger partial charge is 0.303 e. The van der Waals surface area contributed by atoms with E-state index in [0.29, 0.717) is 13.1 Å². The van der Waals surface area contributed by atoms with Crippen molar-refractivity contribution < 1.29 is 18.3 Å². The van der Waals surface area contributed by atoms with Gasteiger partial charge < -0.3 is 5.11 Å². The fourth-order valence-electron chi connectivity index (χ4n) is 1.74. The Hall–Kier alpha value is -0.660. The SMILES string of the molecule is CCCN(CCC)S(=O)(=O)NC(C)(C)CCC(=O)O. The number of carboxylic acid groups (broad SMARTS) is 1. The first-order chi connectivity index (χ1) is 8.64. The van der Waals surface area contributed by atoms with Gasteiger partial charge in [0.15, 0.2) is 0 Å². The number of carbonyl (C=O) groups is 1. The number of nitrogens with zero attached hydrogens (tertiary/aromatic N) is 1. The van der Waals surface area contributed by atoms with Crippen molar-refractivity contribution >= 4 is 16.2 Å². The first-order valence-electron chi connectivity index (χ1n) is 6.65. The summed E-state index contributed by atoms with van der Waals surface area (Å²) in [7, 11) is -3.56. The van der Waals surface area contributed by atoms with E-state index in [0.717, 1.165) is 12.8 Å². The largest absolute Gasteiger partial charge is 0.481 e. The summed E-state index contributed by atoms with van der Waals surface area (Å²) in [5, 5.41) is 8.67. The van der Waals surface area contributed by atoms with Gasteiger partial charge in [-0.1, -0.05) is 13.8 Å². The van der Waals surface area contributed by atoms with Gasteiger partial charge in [-0.2, -0.15) is 17.4 Å². The van der Waals surface area contributed by atoms with Gasteiger partial charge in [-0.3, -0.25) is 4.79 Å². The average molecular weight is 294 g/mol. The van der Waals surface area contributed by atoms with Crippen LogP contribution in [0.15, 0.2) is 0 Å². The van der Waals surface area contributed by atoms with Gasteiger partial charge in [0.25, 0.3) is 10.2 Å². The second-order valence-electron chi connectivity index (χ2n) is 5.28. The highest BCUT2D eigenvalue weighted by Gasteiger charge is 2.29. The molecule has 0 heterocycles. The summed E-state index contributed by atoms with van der Waals surface area (Å²) >= 11 is 0. The first-order valence-corrected chi connectivity index (χ1v) is 8.09. The van der Waals surface area contributed by atoms with E-state index in [1.165, 1.54) is 4.31 Å². The molecule has 0 aromatic carbocycles. The van der Waals surface area contributed by atoms with E-state index in [4.69, 9.17) is 5.11 Å². The van der Waals surface area contributed by atoms with Gasteiger partial charge in [-0.25, -0.2) is 0 Å². The minimum atomic E-state index is -3.56. The zero-order chi connectivity index (χ0) is 15.1. The first kappa shape index (κ1) is 18.3. The van der Waals surface area contributed by atoms with Crippen molar-refractivity contribution in [3.63, 3.8) is 0 Å². The standard InChI is InChI=1S/C12H26N2O4S/c1-5-9-14(10-6-2)19(17,18)13-12(3,4)8-7-11(15)16/h13H,5-10H2,1-4H3,(H,15,16). The van der Waals surface area contributed by atoms with Crippen molar-refractivity contribution in [1.82, 2.24) is 9.03 Å². The highest BCUT2D eigenvalue weighted by Crippen LogP contribution is 2.15. The molecule has 0 radical (unpaired) electrons. The summed E-state index contributed by atoms with van der Waals surface area (Å²) in [5.41, 5.74) is -0.767. The van der Waals surface area contributed by atoms with E-state index in [9.17, 15) is 13.2 Å². The Balaban J connectivity index is 4.75. The van der Waals surface area contributed by atoms with Crippen molar-refractivity contribution in [1.29, 1.82) is 0 Å². The van der Waals surface area contributed by atoms with E-state index in [1.807, 2.05) is 13.8 Å². The molecule has 0 saturated heterocycles. The maximum Gasteiger partial charge on any atom is 0.303 e. The molecular formula is C12H26N2O4S. The van der Waals surface area contributed by atoms with Crippen molar-refractivity contribution in [3.05, 3.63) is 0 Å². The Morgan fingerprint density at radius 3 is 2.05 bits per heavy atom. The molecular weight excluding hydrogens is 268 g/mol. The third kappa shape index (κ3) is 7.49. The van der Waals surface area contributed by atoms with Crippen LogP contribution < -0.4 is 4.72 Å². The maximum atomic E-state index is 12.2. The maximum absolute atomic E-state index is 12.2. The monoisotopic (exact) mass is 294 g/mol. The molecule has 0 aliphatic heterocycles. The summed E-state index contributed by atoms with van der Waals surface area (Å²) < 4.78 is 28.5. The topological polar surface area (TPSA) is 86.7 Å². The molecule has 19 heavy (non-hydrogen) atoms. The number of aliphatic carboxylic acids is 1. The summed E-state index contributed by atoms with van der Waals surface area (Å²) in [6, 6.07) is 0. The molecule has 114 valence electrons.